The molecule has 0 bridgehead atoms. The molecule has 2 nitrogen and oxygen atoms in total. The maximum atomic E-state index is 12.6. The highest BCUT2D eigenvalue weighted by Gasteiger charge is 2.09. The van der Waals surface area contributed by atoms with Crippen LogP contribution in [-0.2, 0) is 6.54 Å². The Kier molecular flexibility index (Phi) is 5.43. The number of nitrogens with two attached hydrogens (primary N) is 1. The van der Waals surface area contributed by atoms with E-state index in [1.165, 1.54) is 12.1 Å². The Hall–Kier alpha value is -0.930. The second kappa shape index (κ2) is 6.61. The molecule has 0 fully saturated rings. The minimum absolute atomic E-state index is 0.186. The van der Waals surface area contributed by atoms with Gasteiger partial charge in [0.1, 0.15) is 5.82 Å². The van der Waals surface area contributed by atoms with Gasteiger partial charge in [-0.25, -0.2) is 4.39 Å². The fourth-order valence-electron chi connectivity index (χ4n) is 1.49. The SMILES string of the molecule is CC[C@H](C)[C@H](N)CNCc1ccc(F)cc1. The Labute approximate surface area is 97.0 Å². The molecular formula is C13H21FN2. The topological polar surface area (TPSA) is 38.0 Å². The Balaban J connectivity index is 2.27. The van der Waals surface area contributed by atoms with Gasteiger partial charge in [0.25, 0.3) is 0 Å². The lowest BCUT2D eigenvalue weighted by molar-refractivity contribution is 0.418. The minimum atomic E-state index is -0.194. The number of nitrogens with one attached hydrogen (secondary N) is 1. The van der Waals surface area contributed by atoms with Crippen molar-refractivity contribution in [1.82, 2.24) is 5.32 Å². The van der Waals surface area contributed by atoms with Crippen molar-refractivity contribution in [3.05, 3.63) is 35.6 Å². The fourth-order valence-corrected chi connectivity index (χ4v) is 1.49. The summed E-state index contributed by atoms with van der Waals surface area (Å²) in [7, 11) is 0. The number of hydrogen-bond donors (Lipinski definition) is 2. The lowest BCUT2D eigenvalue weighted by Crippen LogP contribution is -2.38. The Morgan fingerprint density at radius 1 is 1.31 bits per heavy atom. The van der Waals surface area contributed by atoms with Gasteiger partial charge in [0.15, 0.2) is 0 Å². The number of halogens is 1. The Morgan fingerprint density at radius 3 is 2.50 bits per heavy atom. The normalized spacial score (nSPS) is 14.8. The van der Waals surface area contributed by atoms with Gasteiger partial charge in [0, 0.05) is 19.1 Å². The molecule has 2 atom stereocenters. The fraction of sp³-hybridized carbons (Fsp3) is 0.538. The van der Waals surface area contributed by atoms with Crippen LogP contribution in [0.3, 0.4) is 0 Å². The standard InChI is InChI=1S/C13H21FN2/c1-3-10(2)13(15)9-16-8-11-4-6-12(14)7-5-11/h4-7,10,13,16H,3,8-9,15H2,1-2H3/t10-,13+/m0/s1. The lowest BCUT2D eigenvalue weighted by atomic mass is 10.0. The van der Waals surface area contributed by atoms with Crippen LogP contribution in [-0.4, -0.2) is 12.6 Å². The van der Waals surface area contributed by atoms with E-state index in [0.717, 1.165) is 25.1 Å². The highest BCUT2D eigenvalue weighted by Crippen LogP contribution is 2.05. The lowest BCUT2D eigenvalue weighted by Gasteiger charge is -2.18. The van der Waals surface area contributed by atoms with Crippen LogP contribution in [0.1, 0.15) is 25.8 Å². The molecule has 0 aromatic heterocycles. The predicted molar refractivity (Wildman–Crippen MR) is 65.5 cm³/mol. The van der Waals surface area contributed by atoms with E-state index in [2.05, 4.69) is 19.2 Å². The quantitative estimate of drug-likeness (QED) is 0.778. The van der Waals surface area contributed by atoms with Crippen molar-refractivity contribution in [2.24, 2.45) is 11.7 Å². The molecule has 0 aliphatic heterocycles. The molecule has 0 heterocycles. The Bertz CT molecular complexity index is 297. The second-order valence-corrected chi connectivity index (χ2v) is 4.31. The van der Waals surface area contributed by atoms with Crippen LogP contribution in [0.25, 0.3) is 0 Å². The van der Waals surface area contributed by atoms with Crippen LogP contribution in [0.15, 0.2) is 24.3 Å². The van der Waals surface area contributed by atoms with E-state index in [9.17, 15) is 4.39 Å². The first-order valence-electron chi connectivity index (χ1n) is 5.84. The molecule has 1 aromatic carbocycles. The predicted octanol–water partition coefficient (Wildman–Crippen LogP) is 2.29. The van der Waals surface area contributed by atoms with Gasteiger partial charge in [-0.1, -0.05) is 32.4 Å². The molecule has 0 radical (unpaired) electrons. The second-order valence-electron chi connectivity index (χ2n) is 4.31. The summed E-state index contributed by atoms with van der Waals surface area (Å²) in [6, 6.07) is 6.72. The first-order valence-corrected chi connectivity index (χ1v) is 5.84. The zero-order chi connectivity index (χ0) is 12.0. The molecule has 1 rings (SSSR count). The van der Waals surface area contributed by atoms with Crippen molar-refractivity contribution >= 4 is 0 Å². The van der Waals surface area contributed by atoms with Crippen molar-refractivity contribution < 1.29 is 4.39 Å². The third kappa shape index (κ3) is 4.29. The largest absolute Gasteiger partial charge is 0.326 e. The molecule has 3 N–H and O–H groups in total. The summed E-state index contributed by atoms with van der Waals surface area (Å²) in [6.45, 7) is 5.84. The Morgan fingerprint density at radius 2 is 1.94 bits per heavy atom. The summed E-state index contributed by atoms with van der Waals surface area (Å²) in [5.74, 6) is 0.334. The van der Waals surface area contributed by atoms with Gasteiger partial charge in [-0.2, -0.15) is 0 Å². The van der Waals surface area contributed by atoms with Gasteiger partial charge in [-0.05, 0) is 23.6 Å². The third-order valence-electron chi connectivity index (χ3n) is 3.00. The maximum Gasteiger partial charge on any atom is 0.123 e. The van der Waals surface area contributed by atoms with Crippen LogP contribution in [0, 0.1) is 11.7 Å². The van der Waals surface area contributed by atoms with E-state index in [4.69, 9.17) is 5.73 Å². The van der Waals surface area contributed by atoms with Crippen LogP contribution in [0.5, 0.6) is 0 Å². The van der Waals surface area contributed by atoms with E-state index in [-0.39, 0.29) is 11.9 Å². The van der Waals surface area contributed by atoms with E-state index < -0.39 is 0 Å². The van der Waals surface area contributed by atoms with Crippen molar-refractivity contribution in [2.45, 2.75) is 32.9 Å². The van der Waals surface area contributed by atoms with Gasteiger partial charge >= 0.3 is 0 Å². The number of hydrogen-bond acceptors (Lipinski definition) is 2. The summed E-state index contributed by atoms with van der Waals surface area (Å²) < 4.78 is 12.6. The summed E-state index contributed by atoms with van der Waals surface area (Å²) in [5, 5.41) is 3.29. The summed E-state index contributed by atoms with van der Waals surface area (Å²) in [4.78, 5) is 0. The molecule has 0 aliphatic rings. The van der Waals surface area contributed by atoms with Crippen molar-refractivity contribution in [3.8, 4) is 0 Å². The van der Waals surface area contributed by atoms with Gasteiger partial charge in [-0.3, -0.25) is 0 Å². The average Bonchev–Trinajstić information content (AvgIpc) is 2.30. The van der Waals surface area contributed by atoms with Gasteiger partial charge < -0.3 is 11.1 Å². The molecular weight excluding hydrogens is 203 g/mol. The van der Waals surface area contributed by atoms with Crippen molar-refractivity contribution in [2.75, 3.05) is 6.54 Å². The van der Waals surface area contributed by atoms with E-state index in [1.54, 1.807) is 12.1 Å². The smallest absolute Gasteiger partial charge is 0.123 e. The molecule has 0 saturated carbocycles. The summed E-state index contributed by atoms with van der Waals surface area (Å²) in [6.07, 6.45) is 1.10. The first-order chi connectivity index (χ1) is 7.63. The molecule has 3 heteroatoms. The summed E-state index contributed by atoms with van der Waals surface area (Å²) >= 11 is 0. The molecule has 0 unspecified atom stereocenters. The van der Waals surface area contributed by atoms with Crippen molar-refractivity contribution in [3.63, 3.8) is 0 Å². The minimum Gasteiger partial charge on any atom is -0.326 e. The number of benzene rings is 1. The molecule has 0 amide bonds. The molecule has 1 aromatic rings. The van der Waals surface area contributed by atoms with Gasteiger partial charge in [0.2, 0.25) is 0 Å². The maximum absolute atomic E-state index is 12.6. The van der Waals surface area contributed by atoms with Crippen LogP contribution < -0.4 is 11.1 Å². The first kappa shape index (κ1) is 13.1. The molecule has 0 spiro atoms. The van der Waals surface area contributed by atoms with Crippen LogP contribution in [0.2, 0.25) is 0 Å². The molecule has 0 aliphatic carbocycles. The third-order valence-corrected chi connectivity index (χ3v) is 3.00. The van der Waals surface area contributed by atoms with E-state index in [0.29, 0.717) is 5.92 Å². The molecule has 0 saturated heterocycles. The summed E-state index contributed by atoms with van der Waals surface area (Å²) in [5.41, 5.74) is 7.07. The number of rotatable bonds is 6. The van der Waals surface area contributed by atoms with Gasteiger partial charge in [-0.15, -0.1) is 0 Å². The van der Waals surface area contributed by atoms with Crippen molar-refractivity contribution in [1.29, 1.82) is 0 Å². The van der Waals surface area contributed by atoms with Crippen LogP contribution in [0.4, 0.5) is 4.39 Å². The highest BCUT2D eigenvalue weighted by molar-refractivity contribution is 5.15. The average molecular weight is 224 g/mol. The zero-order valence-corrected chi connectivity index (χ0v) is 10.0. The van der Waals surface area contributed by atoms with E-state index >= 15 is 0 Å². The monoisotopic (exact) mass is 224 g/mol. The van der Waals surface area contributed by atoms with E-state index in [1.807, 2.05) is 0 Å². The zero-order valence-electron chi connectivity index (χ0n) is 10.0. The molecule has 16 heavy (non-hydrogen) atoms. The molecule has 90 valence electrons. The highest BCUT2D eigenvalue weighted by atomic mass is 19.1. The van der Waals surface area contributed by atoms with Crippen LogP contribution >= 0.6 is 0 Å². The van der Waals surface area contributed by atoms with Gasteiger partial charge in [0.05, 0.1) is 0 Å².